The second-order valence-corrected chi connectivity index (χ2v) is 10.8. The SMILES string of the molecule is Cc1cc(-c2ccc(NC(=O)C(CC(C)C)c3cccc(-c4ccc(N5CCNCC5)cc4)c3)cc2)ccn1. The number of nitrogens with one attached hydrogen (secondary N) is 2. The molecule has 1 saturated heterocycles. The van der Waals surface area contributed by atoms with Crippen LogP contribution in [0.1, 0.15) is 37.4 Å². The molecule has 39 heavy (non-hydrogen) atoms. The number of aryl methyl sites for hydroxylation is 1. The standard InChI is InChI=1S/C34H38N4O/c1-24(2)21-33(34(39)37-31-11-7-26(8-12-31)29-15-16-36-25(3)22-29)30-6-4-5-28(23-30)27-9-13-32(14-10-27)38-19-17-35-18-20-38/h4-16,22-24,33,35H,17-21H2,1-3H3,(H,37,39). The molecule has 2 N–H and O–H groups in total. The number of piperazine rings is 1. The van der Waals surface area contributed by atoms with Crippen LogP contribution in [-0.2, 0) is 4.79 Å². The highest BCUT2D eigenvalue weighted by Gasteiger charge is 2.23. The summed E-state index contributed by atoms with van der Waals surface area (Å²) in [6.07, 6.45) is 2.61. The number of anilines is 2. The van der Waals surface area contributed by atoms with Gasteiger partial charge in [0.1, 0.15) is 0 Å². The zero-order chi connectivity index (χ0) is 27.2. The number of benzene rings is 3. The van der Waals surface area contributed by atoms with Crippen LogP contribution in [0.15, 0.2) is 91.1 Å². The van der Waals surface area contributed by atoms with Gasteiger partial charge in [-0.1, -0.05) is 62.4 Å². The minimum atomic E-state index is -0.229. The summed E-state index contributed by atoms with van der Waals surface area (Å²) in [4.78, 5) is 20.3. The number of carbonyl (C=O) groups is 1. The van der Waals surface area contributed by atoms with E-state index in [1.165, 1.54) is 11.3 Å². The first-order valence-electron chi connectivity index (χ1n) is 14.0. The fourth-order valence-corrected chi connectivity index (χ4v) is 5.29. The van der Waals surface area contributed by atoms with Crippen molar-refractivity contribution in [3.05, 3.63) is 102 Å². The van der Waals surface area contributed by atoms with E-state index in [9.17, 15) is 4.79 Å². The van der Waals surface area contributed by atoms with Gasteiger partial charge in [-0.25, -0.2) is 0 Å². The van der Waals surface area contributed by atoms with E-state index in [0.29, 0.717) is 5.92 Å². The van der Waals surface area contributed by atoms with Gasteiger partial charge in [-0.3, -0.25) is 9.78 Å². The first-order chi connectivity index (χ1) is 19.0. The Kier molecular flexibility index (Phi) is 8.38. The van der Waals surface area contributed by atoms with E-state index in [-0.39, 0.29) is 11.8 Å². The Hall–Kier alpha value is -3.96. The maximum atomic E-state index is 13.6. The Labute approximate surface area is 232 Å². The van der Waals surface area contributed by atoms with Crippen LogP contribution in [0.2, 0.25) is 0 Å². The highest BCUT2D eigenvalue weighted by Crippen LogP contribution is 2.31. The van der Waals surface area contributed by atoms with Crippen molar-refractivity contribution in [2.24, 2.45) is 5.92 Å². The number of pyridine rings is 1. The van der Waals surface area contributed by atoms with Crippen molar-refractivity contribution in [3.8, 4) is 22.3 Å². The van der Waals surface area contributed by atoms with Crippen molar-refractivity contribution in [1.82, 2.24) is 10.3 Å². The van der Waals surface area contributed by atoms with E-state index >= 15 is 0 Å². The first-order valence-corrected chi connectivity index (χ1v) is 14.0. The molecule has 0 aliphatic carbocycles. The Morgan fingerprint density at radius 1 is 0.872 bits per heavy atom. The molecule has 0 spiro atoms. The molecular weight excluding hydrogens is 480 g/mol. The van der Waals surface area contributed by atoms with Gasteiger partial charge < -0.3 is 15.5 Å². The summed E-state index contributed by atoms with van der Waals surface area (Å²) in [5.41, 5.74) is 8.64. The Morgan fingerprint density at radius 2 is 1.54 bits per heavy atom. The summed E-state index contributed by atoms with van der Waals surface area (Å²) in [6, 6.07) is 29.4. The molecule has 0 bridgehead atoms. The minimum Gasteiger partial charge on any atom is -0.369 e. The number of hydrogen-bond donors (Lipinski definition) is 2. The van der Waals surface area contributed by atoms with Gasteiger partial charge in [0.15, 0.2) is 0 Å². The first kappa shape index (κ1) is 26.6. The fourth-order valence-electron chi connectivity index (χ4n) is 5.29. The summed E-state index contributed by atoms with van der Waals surface area (Å²) >= 11 is 0. The van der Waals surface area contributed by atoms with Gasteiger partial charge >= 0.3 is 0 Å². The lowest BCUT2D eigenvalue weighted by Gasteiger charge is -2.29. The third-order valence-electron chi connectivity index (χ3n) is 7.38. The number of carbonyl (C=O) groups excluding carboxylic acids is 1. The summed E-state index contributed by atoms with van der Waals surface area (Å²) in [6.45, 7) is 10.5. The van der Waals surface area contributed by atoms with Gasteiger partial charge in [0.25, 0.3) is 0 Å². The van der Waals surface area contributed by atoms with Crippen LogP contribution >= 0.6 is 0 Å². The maximum absolute atomic E-state index is 13.6. The van der Waals surface area contributed by atoms with Crippen LogP contribution in [0, 0.1) is 12.8 Å². The van der Waals surface area contributed by atoms with E-state index < -0.39 is 0 Å². The van der Waals surface area contributed by atoms with Gasteiger partial charge in [0.2, 0.25) is 5.91 Å². The zero-order valence-electron chi connectivity index (χ0n) is 23.2. The summed E-state index contributed by atoms with van der Waals surface area (Å²) < 4.78 is 0. The third-order valence-corrected chi connectivity index (χ3v) is 7.38. The molecule has 1 amide bonds. The van der Waals surface area contributed by atoms with Crippen molar-refractivity contribution >= 4 is 17.3 Å². The Balaban J connectivity index is 1.33. The monoisotopic (exact) mass is 518 g/mol. The molecule has 0 saturated carbocycles. The van der Waals surface area contributed by atoms with Crippen LogP contribution in [0.5, 0.6) is 0 Å². The average Bonchev–Trinajstić information content (AvgIpc) is 2.97. The summed E-state index contributed by atoms with van der Waals surface area (Å²) in [5, 5.41) is 6.59. The van der Waals surface area contributed by atoms with Crippen LogP contribution in [0.25, 0.3) is 22.3 Å². The van der Waals surface area contributed by atoms with Crippen LogP contribution in [0.3, 0.4) is 0 Å². The molecule has 5 heteroatoms. The van der Waals surface area contributed by atoms with Crippen LogP contribution in [-0.4, -0.2) is 37.1 Å². The molecule has 0 radical (unpaired) electrons. The van der Waals surface area contributed by atoms with Crippen molar-refractivity contribution < 1.29 is 4.79 Å². The average molecular weight is 519 g/mol. The van der Waals surface area contributed by atoms with Gasteiger partial charge in [-0.2, -0.15) is 0 Å². The second-order valence-electron chi connectivity index (χ2n) is 10.8. The molecule has 3 aromatic carbocycles. The molecule has 1 fully saturated rings. The predicted molar refractivity (Wildman–Crippen MR) is 162 cm³/mol. The zero-order valence-corrected chi connectivity index (χ0v) is 23.2. The summed E-state index contributed by atoms with van der Waals surface area (Å²) in [5.74, 6) is 0.190. The minimum absolute atomic E-state index is 0.0300. The number of hydrogen-bond acceptors (Lipinski definition) is 4. The molecule has 1 aromatic heterocycles. The fraction of sp³-hybridized carbons (Fsp3) is 0.294. The van der Waals surface area contributed by atoms with Crippen molar-refractivity contribution in [2.75, 3.05) is 36.4 Å². The van der Waals surface area contributed by atoms with Crippen molar-refractivity contribution in [3.63, 3.8) is 0 Å². The smallest absolute Gasteiger partial charge is 0.231 e. The summed E-state index contributed by atoms with van der Waals surface area (Å²) in [7, 11) is 0. The normalized spacial score (nSPS) is 14.3. The number of nitrogens with zero attached hydrogens (tertiary/aromatic N) is 2. The van der Waals surface area contributed by atoms with E-state index in [2.05, 4.69) is 89.0 Å². The van der Waals surface area contributed by atoms with Crippen LogP contribution < -0.4 is 15.5 Å². The second kappa shape index (κ2) is 12.3. The van der Waals surface area contributed by atoms with Gasteiger partial charge in [-0.15, -0.1) is 0 Å². The molecule has 5 rings (SSSR count). The van der Waals surface area contributed by atoms with E-state index in [4.69, 9.17) is 0 Å². The Bertz CT molecular complexity index is 1390. The Morgan fingerprint density at radius 3 is 2.21 bits per heavy atom. The molecule has 200 valence electrons. The van der Waals surface area contributed by atoms with Crippen molar-refractivity contribution in [1.29, 1.82) is 0 Å². The van der Waals surface area contributed by atoms with E-state index in [0.717, 1.165) is 66.2 Å². The predicted octanol–water partition coefficient (Wildman–Crippen LogP) is 6.90. The lowest BCUT2D eigenvalue weighted by atomic mass is 9.88. The molecule has 4 aromatic rings. The number of amides is 1. The van der Waals surface area contributed by atoms with Gasteiger partial charge in [0.05, 0.1) is 5.92 Å². The lowest BCUT2D eigenvalue weighted by molar-refractivity contribution is -0.117. The number of rotatable bonds is 8. The van der Waals surface area contributed by atoms with Gasteiger partial charge in [0, 0.05) is 49.4 Å². The van der Waals surface area contributed by atoms with Crippen molar-refractivity contribution in [2.45, 2.75) is 33.1 Å². The maximum Gasteiger partial charge on any atom is 0.231 e. The quantitative estimate of drug-likeness (QED) is 0.266. The van der Waals surface area contributed by atoms with Gasteiger partial charge in [-0.05, 0) is 83.5 Å². The largest absolute Gasteiger partial charge is 0.369 e. The van der Waals surface area contributed by atoms with E-state index in [1.54, 1.807) is 0 Å². The highest BCUT2D eigenvalue weighted by atomic mass is 16.1. The van der Waals surface area contributed by atoms with Crippen LogP contribution in [0.4, 0.5) is 11.4 Å². The highest BCUT2D eigenvalue weighted by molar-refractivity contribution is 5.96. The molecule has 1 aliphatic heterocycles. The molecule has 1 unspecified atom stereocenters. The molecule has 1 aliphatic rings. The topological polar surface area (TPSA) is 57.3 Å². The lowest BCUT2D eigenvalue weighted by Crippen LogP contribution is -2.43. The third kappa shape index (κ3) is 6.73. The molecule has 2 heterocycles. The molecular formula is C34H38N4O. The number of aromatic nitrogens is 1. The molecule has 1 atom stereocenters. The van der Waals surface area contributed by atoms with E-state index in [1.807, 2.05) is 43.5 Å². The molecule has 5 nitrogen and oxygen atoms in total.